The van der Waals surface area contributed by atoms with Gasteiger partial charge in [0.1, 0.15) is 11.5 Å². The van der Waals surface area contributed by atoms with Gasteiger partial charge >= 0.3 is 6.18 Å². The number of aromatic nitrogens is 3. The predicted molar refractivity (Wildman–Crippen MR) is 131 cm³/mol. The quantitative estimate of drug-likeness (QED) is 0.523. The van der Waals surface area contributed by atoms with E-state index in [4.69, 9.17) is 0 Å². The molecule has 2 aliphatic rings. The molecule has 1 atom stereocenters. The van der Waals surface area contributed by atoms with Crippen molar-refractivity contribution >= 4 is 23.4 Å². The van der Waals surface area contributed by atoms with Gasteiger partial charge in [-0.25, -0.2) is 15.0 Å². The molecule has 1 amide bonds. The van der Waals surface area contributed by atoms with Gasteiger partial charge in [-0.2, -0.15) is 13.2 Å². The molecule has 0 saturated carbocycles. The van der Waals surface area contributed by atoms with E-state index in [2.05, 4.69) is 30.5 Å². The molecule has 2 aromatic heterocycles. The molecule has 7 nitrogen and oxygen atoms in total. The standard InChI is InChI=1S/C26H27F3N6O/c1-17-12-19(14-20(13-17)33-24-32-10-5-21(34-24)26(27,28)29)18-4-9-30-22(15-18)35-11-3-7-25(16-35)6-2-8-31-23(25)36/h4-5,9-10,12-15H,2-3,6-8,11,16H2,1H3,(H,31,36)(H,32,33,34). The van der Waals surface area contributed by atoms with Crippen LogP contribution in [0.2, 0.25) is 0 Å². The number of carbonyl (C=O) groups is 1. The minimum atomic E-state index is -4.55. The highest BCUT2D eigenvalue weighted by atomic mass is 19.4. The summed E-state index contributed by atoms with van der Waals surface area (Å²) >= 11 is 0. The van der Waals surface area contributed by atoms with Crippen molar-refractivity contribution in [2.45, 2.75) is 38.8 Å². The summed E-state index contributed by atoms with van der Waals surface area (Å²) in [5, 5.41) is 5.93. The van der Waals surface area contributed by atoms with E-state index in [1.54, 1.807) is 6.20 Å². The SMILES string of the molecule is Cc1cc(Nc2nccc(C(F)(F)F)n2)cc(-c2ccnc(N3CCCC4(CCCNC4=O)C3)c2)c1. The molecule has 0 radical (unpaired) electrons. The lowest BCUT2D eigenvalue weighted by atomic mass is 9.73. The Hall–Kier alpha value is -3.69. The summed E-state index contributed by atoms with van der Waals surface area (Å²) in [5.41, 5.74) is 1.95. The highest BCUT2D eigenvalue weighted by molar-refractivity contribution is 5.84. The third-order valence-corrected chi connectivity index (χ3v) is 6.86. The molecule has 3 aromatic rings. The minimum absolute atomic E-state index is 0.124. The van der Waals surface area contributed by atoms with E-state index in [9.17, 15) is 18.0 Å². The summed E-state index contributed by atoms with van der Waals surface area (Å²) in [6.45, 7) is 4.13. The molecule has 36 heavy (non-hydrogen) atoms. The summed E-state index contributed by atoms with van der Waals surface area (Å²) in [6.07, 6.45) is 1.98. The topological polar surface area (TPSA) is 83.0 Å². The first kappa shape index (κ1) is 24.0. The van der Waals surface area contributed by atoms with Gasteiger partial charge in [0, 0.05) is 37.7 Å². The number of piperidine rings is 2. The number of carbonyl (C=O) groups excluding carboxylic acids is 1. The normalized spacial score (nSPS) is 20.3. The second kappa shape index (κ2) is 9.40. The molecule has 5 rings (SSSR count). The van der Waals surface area contributed by atoms with Crippen molar-refractivity contribution in [3.8, 4) is 11.1 Å². The number of nitrogens with one attached hydrogen (secondary N) is 2. The van der Waals surface area contributed by atoms with Crippen LogP contribution in [0.1, 0.15) is 36.9 Å². The molecule has 188 valence electrons. The number of nitrogens with zero attached hydrogens (tertiary/aromatic N) is 4. The van der Waals surface area contributed by atoms with E-state index in [1.807, 2.05) is 37.3 Å². The highest BCUT2D eigenvalue weighted by Crippen LogP contribution is 2.39. The maximum Gasteiger partial charge on any atom is 0.433 e. The number of pyridine rings is 1. The Labute approximate surface area is 207 Å². The summed E-state index contributed by atoms with van der Waals surface area (Å²) in [6, 6.07) is 10.4. The molecule has 2 fully saturated rings. The molecule has 10 heteroatoms. The summed E-state index contributed by atoms with van der Waals surface area (Å²) in [5.74, 6) is 0.823. The van der Waals surface area contributed by atoms with Gasteiger partial charge in [-0.05, 0) is 79.6 Å². The smallest absolute Gasteiger partial charge is 0.356 e. The Morgan fingerprint density at radius 2 is 1.83 bits per heavy atom. The number of anilines is 3. The van der Waals surface area contributed by atoms with Crippen LogP contribution < -0.4 is 15.5 Å². The van der Waals surface area contributed by atoms with E-state index >= 15 is 0 Å². The summed E-state index contributed by atoms with van der Waals surface area (Å²) < 4.78 is 39.1. The van der Waals surface area contributed by atoms with Crippen molar-refractivity contribution < 1.29 is 18.0 Å². The van der Waals surface area contributed by atoms with Gasteiger partial charge in [-0.3, -0.25) is 4.79 Å². The van der Waals surface area contributed by atoms with Crippen molar-refractivity contribution in [2.24, 2.45) is 5.41 Å². The lowest BCUT2D eigenvalue weighted by molar-refractivity contribution is -0.141. The first-order valence-electron chi connectivity index (χ1n) is 12.0. The van der Waals surface area contributed by atoms with Crippen molar-refractivity contribution in [3.05, 3.63) is 60.0 Å². The van der Waals surface area contributed by atoms with Gasteiger partial charge in [-0.1, -0.05) is 6.07 Å². The van der Waals surface area contributed by atoms with Crippen LogP contribution in [0.3, 0.4) is 0 Å². The van der Waals surface area contributed by atoms with Gasteiger partial charge in [0.05, 0.1) is 5.41 Å². The molecular formula is C26H27F3N6O. The molecule has 1 unspecified atom stereocenters. The average molecular weight is 497 g/mol. The largest absolute Gasteiger partial charge is 0.433 e. The lowest BCUT2D eigenvalue weighted by Gasteiger charge is -2.44. The second-order valence-corrected chi connectivity index (χ2v) is 9.54. The average Bonchev–Trinajstić information content (AvgIpc) is 2.85. The van der Waals surface area contributed by atoms with Crippen LogP contribution in [0, 0.1) is 12.3 Å². The third kappa shape index (κ3) is 4.98. The fourth-order valence-electron chi connectivity index (χ4n) is 5.15. The number of amides is 1. The van der Waals surface area contributed by atoms with E-state index in [0.717, 1.165) is 73.5 Å². The Morgan fingerprint density at radius 3 is 2.64 bits per heavy atom. The molecule has 2 aliphatic heterocycles. The molecular weight excluding hydrogens is 469 g/mol. The zero-order valence-corrected chi connectivity index (χ0v) is 19.9. The van der Waals surface area contributed by atoms with Crippen LogP contribution >= 0.6 is 0 Å². The first-order valence-corrected chi connectivity index (χ1v) is 12.0. The van der Waals surface area contributed by atoms with Crippen LogP contribution in [0.4, 0.5) is 30.6 Å². The number of benzene rings is 1. The lowest BCUT2D eigenvalue weighted by Crippen LogP contribution is -2.55. The number of rotatable bonds is 4. The fraction of sp³-hybridized carbons (Fsp3) is 0.385. The van der Waals surface area contributed by atoms with Gasteiger partial charge in [0.25, 0.3) is 0 Å². The van der Waals surface area contributed by atoms with Gasteiger partial charge in [0.2, 0.25) is 11.9 Å². The zero-order valence-electron chi connectivity index (χ0n) is 19.9. The zero-order chi connectivity index (χ0) is 25.3. The Kier molecular flexibility index (Phi) is 6.27. The van der Waals surface area contributed by atoms with E-state index in [0.29, 0.717) is 12.2 Å². The molecule has 1 aromatic carbocycles. The number of halogens is 3. The van der Waals surface area contributed by atoms with Crippen LogP contribution in [0.25, 0.3) is 11.1 Å². The molecule has 0 bridgehead atoms. The van der Waals surface area contributed by atoms with Crippen molar-refractivity contribution in [2.75, 3.05) is 29.9 Å². The predicted octanol–water partition coefficient (Wildman–Crippen LogP) is 5.11. The maximum atomic E-state index is 13.0. The number of aryl methyl sites for hydroxylation is 1. The minimum Gasteiger partial charge on any atom is -0.356 e. The number of alkyl halides is 3. The van der Waals surface area contributed by atoms with E-state index < -0.39 is 11.9 Å². The van der Waals surface area contributed by atoms with Crippen LogP contribution in [0.5, 0.6) is 0 Å². The van der Waals surface area contributed by atoms with Crippen LogP contribution in [-0.4, -0.2) is 40.5 Å². The van der Waals surface area contributed by atoms with E-state index in [-0.39, 0.29) is 17.3 Å². The highest BCUT2D eigenvalue weighted by Gasteiger charge is 2.43. The Bertz CT molecular complexity index is 1280. The number of hydrogen-bond acceptors (Lipinski definition) is 6. The Morgan fingerprint density at radius 1 is 1.03 bits per heavy atom. The maximum absolute atomic E-state index is 13.0. The van der Waals surface area contributed by atoms with E-state index in [1.165, 1.54) is 0 Å². The van der Waals surface area contributed by atoms with Gasteiger partial charge in [-0.15, -0.1) is 0 Å². The monoisotopic (exact) mass is 496 g/mol. The fourth-order valence-corrected chi connectivity index (χ4v) is 5.15. The van der Waals surface area contributed by atoms with Crippen molar-refractivity contribution in [1.29, 1.82) is 0 Å². The van der Waals surface area contributed by atoms with Crippen molar-refractivity contribution in [3.63, 3.8) is 0 Å². The molecule has 0 aliphatic carbocycles. The third-order valence-electron chi connectivity index (χ3n) is 6.86. The molecule has 2 N–H and O–H groups in total. The first-order chi connectivity index (χ1) is 17.2. The van der Waals surface area contributed by atoms with Gasteiger partial charge in [0.15, 0.2) is 0 Å². The van der Waals surface area contributed by atoms with Crippen LogP contribution in [0.15, 0.2) is 48.8 Å². The van der Waals surface area contributed by atoms with Crippen LogP contribution in [-0.2, 0) is 11.0 Å². The Balaban J connectivity index is 1.40. The summed E-state index contributed by atoms with van der Waals surface area (Å²) in [4.78, 5) is 27.0. The van der Waals surface area contributed by atoms with Crippen molar-refractivity contribution in [1.82, 2.24) is 20.3 Å². The van der Waals surface area contributed by atoms with Gasteiger partial charge < -0.3 is 15.5 Å². The molecule has 4 heterocycles. The number of hydrogen-bond donors (Lipinski definition) is 2. The second-order valence-electron chi connectivity index (χ2n) is 9.54. The molecule has 1 spiro atoms. The summed E-state index contributed by atoms with van der Waals surface area (Å²) in [7, 11) is 0. The molecule has 2 saturated heterocycles.